The Hall–Kier alpha value is -2.58. The standard InChI is InChI=1S/C17H25N5O3/c1-17(23,10-18-2)11-25-14-9-12(5-6-13(14)24-4)21-16-20-8-7-15(19-3)22-16/h5-9,18,23H,10-11H2,1-4H3,(H2,19,20,21,22). The van der Waals surface area contributed by atoms with Gasteiger partial charge < -0.3 is 30.5 Å². The number of nitrogens with zero attached hydrogens (tertiary/aromatic N) is 2. The Bertz CT molecular complexity index is 694. The lowest BCUT2D eigenvalue weighted by atomic mass is 10.1. The largest absolute Gasteiger partial charge is 0.493 e. The molecule has 1 unspecified atom stereocenters. The fourth-order valence-electron chi connectivity index (χ4n) is 2.22. The maximum atomic E-state index is 10.2. The maximum absolute atomic E-state index is 10.2. The summed E-state index contributed by atoms with van der Waals surface area (Å²) < 4.78 is 11.1. The second-order valence-corrected chi connectivity index (χ2v) is 5.82. The zero-order valence-electron chi connectivity index (χ0n) is 15.0. The summed E-state index contributed by atoms with van der Waals surface area (Å²) in [4.78, 5) is 8.50. The van der Waals surface area contributed by atoms with E-state index in [1.807, 2.05) is 6.07 Å². The quantitative estimate of drug-likeness (QED) is 0.543. The molecule has 2 aromatic rings. The number of hydrogen-bond acceptors (Lipinski definition) is 8. The molecule has 0 bridgehead atoms. The third-order valence-electron chi connectivity index (χ3n) is 3.43. The number of ether oxygens (including phenoxy) is 2. The number of aliphatic hydroxyl groups is 1. The van der Waals surface area contributed by atoms with E-state index in [-0.39, 0.29) is 6.61 Å². The SMILES string of the molecule is CNCC(C)(O)COc1cc(Nc2nccc(NC)n2)ccc1OC. The van der Waals surface area contributed by atoms with Crippen molar-refractivity contribution in [3.8, 4) is 11.5 Å². The Labute approximate surface area is 147 Å². The zero-order chi connectivity index (χ0) is 18.3. The van der Waals surface area contributed by atoms with Gasteiger partial charge in [-0.05, 0) is 32.2 Å². The van der Waals surface area contributed by atoms with Gasteiger partial charge in [0.1, 0.15) is 18.0 Å². The number of hydrogen-bond donors (Lipinski definition) is 4. The fourth-order valence-corrected chi connectivity index (χ4v) is 2.22. The molecule has 0 radical (unpaired) electrons. The first kappa shape index (κ1) is 18.8. The second kappa shape index (κ2) is 8.50. The van der Waals surface area contributed by atoms with Crippen LogP contribution in [0.1, 0.15) is 6.92 Å². The summed E-state index contributed by atoms with van der Waals surface area (Å²) in [5.74, 6) is 2.28. The summed E-state index contributed by atoms with van der Waals surface area (Å²) in [6, 6.07) is 7.18. The highest BCUT2D eigenvalue weighted by Gasteiger charge is 2.21. The van der Waals surface area contributed by atoms with Crippen LogP contribution >= 0.6 is 0 Å². The van der Waals surface area contributed by atoms with Gasteiger partial charge in [-0.15, -0.1) is 0 Å². The summed E-state index contributed by atoms with van der Waals surface area (Å²) in [5, 5.41) is 19.2. The van der Waals surface area contributed by atoms with Crippen molar-refractivity contribution in [2.75, 3.05) is 45.0 Å². The molecule has 0 fully saturated rings. The number of anilines is 3. The van der Waals surface area contributed by atoms with Gasteiger partial charge in [-0.2, -0.15) is 4.98 Å². The summed E-state index contributed by atoms with van der Waals surface area (Å²) in [5.41, 5.74) is -0.245. The highest BCUT2D eigenvalue weighted by Crippen LogP contribution is 2.31. The molecule has 0 amide bonds. The highest BCUT2D eigenvalue weighted by molar-refractivity contribution is 5.60. The Morgan fingerprint density at radius 3 is 2.68 bits per heavy atom. The molecule has 0 spiro atoms. The number of methoxy groups -OCH3 is 1. The summed E-state index contributed by atoms with van der Waals surface area (Å²) in [6.45, 7) is 2.24. The van der Waals surface area contributed by atoms with Crippen LogP contribution in [0.3, 0.4) is 0 Å². The molecule has 0 saturated carbocycles. The van der Waals surface area contributed by atoms with Crippen LogP contribution in [0.5, 0.6) is 11.5 Å². The first-order valence-electron chi connectivity index (χ1n) is 7.93. The predicted octanol–water partition coefficient (Wildman–Crippen LogP) is 1.62. The molecule has 8 nitrogen and oxygen atoms in total. The van der Waals surface area contributed by atoms with Gasteiger partial charge in [0.2, 0.25) is 5.95 Å². The number of benzene rings is 1. The predicted molar refractivity (Wildman–Crippen MR) is 97.9 cm³/mol. The van der Waals surface area contributed by atoms with E-state index in [1.54, 1.807) is 52.5 Å². The van der Waals surface area contributed by atoms with Crippen LogP contribution in [-0.2, 0) is 0 Å². The lowest BCUT2D eigenvalue weighted by Gasteiger charge is -2.23. The molecule has 0 saturated heterocycles. The minimum absolute atomic E-state index is 0.124. The van der Waals surface area contributed by atoms with Crippen molar-refractivity contribution < 1.29 is 14.6 Å². The number of likely N-dealkylation sites (N-methyl/N-ethyl adjacent to an activating group) is 1. The zero-order valence-corrected chi connectivity index (χ0v) is 15.0. The Balaban J connectivity index is 2.15. The molecular formula is C17H25N5O3. The second-order valence-electron chi connectivity index (χ2n) is 5.82. The van der Waals surface area contributed by atoms with E-state index >= 15 is 0 Å². The van der Waals surface area contributed by atoms with Crippen molar-refractivity contribution in [2.24, 2.45) is 0 Å². The van der Waals surface area contributed by atoms with Crippen molar-refractivity contribution >= 4 is 17.5 Å². The van der Waals surface area contributed by atoms with E-state index in [0.29, 0.717) is 29.8 Å². The maximum Gasteiger partial charge on any atom is 0.229 e. The van der Waals surface area contributed by atoms with Crippen LogP contribution in [0.4, 0.5) is 17.5 Å². The lowest BCUT2D eigenvalue weighted by Crippen LogP contribution is -2.41. The molecule has 2 rings (SSSR count). The molecule has 1 heterocycles. The van der Waals surface area contributed by atoms with Gasteiger partial charge in [0, 0.05) is 31.5 Å². The molecule has 136 valence electrons. The topological polar surface area (TPSA) is 101 Å². The van der Waals surface area contributed by atoms with E-state index in [4.69, 9.17) is 9.47 Å². The summed E-state index contributed by atoms with van der Waals surface area (Å²) in [6.07, 6.45) is 1.66. The molecule has 0 aliphatic rings. The average Bonchev–Trinajstić information content (AvgIpc) is 2.60. The van der Waals surface area contributed by atoms with Crippen LogP contribution in [0.15, 0.2) is 30.5 Å². The van der Waals surface area contributed by atoms with Crippen molar-refractivity contribution in [1.29, 1.82) is 0 Å². The Morgan fingerprint density at radius 2 is 2.00 bits per heavy atom. The number of nitrogens with one attached hydrogen (secondary N) is 3. The highest BCUT2D eigenvalue weighted by atomic mass is 16.5. The van der Waals surface area contributed by atoms with Crippen molar-refractivity contribution in [2.45, 2.75) is 12.5 Å². The molecule has 25 heavy (non-hydrogen) atoms. The van der Waals surface area contributed by atoms with Crippen LogP contribution < -0.4 is 25.4 Å². The first-order chi connectivity index (χ1) is 12.0. The van der Waals surface area contributed by atoms with E-state index in [1.165, 1.54) is 0 Å². The van der Waals surface area contributed by atoms with Gasteiger partial charge in [-0.1, -0.05) is 0 Å². The van der Waals surface area contributed by atoms with Gasteiger partial charge >= 0.3 is 0 Å². The normalized spacial score (nSPS) is 13.0. The Morgan fingerprint density at radius 1 is 1.20 bits per heavy atom. The van der Waals surface area contributed by atoms with Crippen LogP contribution in [0.25, 0.3) is 0 Å². The molecule has 1 aromatic carbocycles. The third-order valence-corrected chi connectivity index (χ3v) is 3.43. The summed E-state index contributed by atoms with van der Waals surface area (Å²) in [7, 11) is 5.14. The molecule has 0 aliphatic heterocycles. The van der Waals surface area contributed by atoms with Crippen molar-refractivity contribution in [3.05, 3.63) is 30.5 Å². The minimum atomic E-state index is -0.993. The van der Waals surface area contributed by atoms with E-state index in [0.717, 1.165) is 5.69 Å². The monoisotopic (exact) mass is 347 g/mol. The van der Waals surface area contributed by atoms with E-state index < -0.39 is 5.60 Å². The van der Waals surface area contributed by atoms with Crippen molar-refractivity contribution in [3.63, 3.8) is 0 Å². The van der Waals surface area contributed by atoms with E-state index in [2.05, 4.69) is 25.9 Å². The fraction of sp³-hybridized carbons (Fsp3) is 0.412. The lowest BCUT2D eigenvalue weighted by molar-refractivity contribution is 0.0131. The van der Waals surface area contributed by atoms with Crippen LogP contribution in [-0.4, -0.2) is 55.0 Å². The summed E-state index contributed by atoms with van der Waals surface area (Å²) >= 11 is 0. The van der Waals surface area contributed by atoms with Gasteiger partial charge in [-0.3, -0.25) is 0 Å². The Kier molecular flexibility index (Phi) is 6.37. The molecule has 0 aliphatic carbocycles. The van der Waals surface area contributed by atoms with E-state index in [9.17, 15) is 5.11 Å². The van der Waals surface area contributed by atoms with Gasteiger partial charge in [0.05, 0.1) is 7.11 Å². The molecule has 1 atom stereocenters. The van der Waals surface area contributed by atoms with Gasteiger partial charge in [0.15, 0.2) is 11.5 Å². The average molecular weight is 347 g/mol. The third kappa shape index (κ3) is 5.47. The smallest absolute Gasteiger partial charge is 0.229 e. The molecule has 8 heteroatoms. The minimum Gasteiger partial charge on any atom is -0.493 e. The molecule has 4 N–H and O–H groups in total. The molecule has 1 aromatic heterocycles. The van der Waals surface area contributed by atoms with Crippen LogP contribution in [0.2, 0.25) is 0 Å². The number of rotatable bonds is 9. The van der Waals surface area contributed by atoms with Crippen LogP contribution in [0, 0.1) is 0 Å². The van der Waals surface area contributed by atoms with Gasteiger partial charge in [0.25, 0.3) is 0 Å². The van der Waals surface area contributed by atoms with Crippen molar-refractivity contribution in [1.82, 2.24) is 15.3 Å². The number of aromatic nitrogens is 2. The van der Waals surface area contributed by atoms with Gasteiger partial charge in [-0.25, -0.2) is 4.98 Å². The molecular weight excluding hydrogens is 322 g/mol. The first-order valence-corrected chi connectivity index (χ1v) is 7.93.